The van der Waals surface area contributed by atoms with Crippen molar-refractivity contribution in [3.63, 3.8) is 0 Å². The van der Waals surface area contributed by atoms with Crippen molar-refractivity contribution >= 4 is 0 Å². The molecule has 13 heavy (non-hydrogen) atoms. The van der Waals surface area contributed by atoms with Crippen molar-refractivity contribution in [1.29, 1.82) is 0 Å². The molecular formula is C11H20O2. The molecule has 0 aromatic rings. The molecule has 1 rings (SSSR count). The molecule has 1 aliphatic rings. The molecule has 0 spiro atoms. The molecule has 1 aliphatic heterocycles. The molecule has 1 N–H and O–H groups in total. The first-order valence-corrected chi connectivity index (χ1v) is 4.95. The highest BCUT2D eigenvalue weighted by molar-refractivity contribution is 5.04. The van der Waals surface area contributed by atoms with Crippen LogP contribution in [-0.2, 0) is 4.74 Å². The van der Waals surface area contributed by atoms with E-state index in [2.05, 4.69) is 26.8 Å². The third-order valence-corrected chi connectivity index (χ3v) is 2.57. The summed E-state index contributed by atoms with van der Waals surface area (Å²) in [5, 5.41) is 9.30. The zero-order valence-electron chi connectivity index (χ0n) is 9.00. The van der Waals surface area contributed by atoms with E-state index in [4.69, 9.17) is 4.74 Å². The van der Waals surface area contributed by atoms with Gasteiger partial charge in [-0.15, -0.1) is 0 Å². The monoisotopic (exact) mass is 184 g/mol. The van der Waals surface area contributed by atoms with Gasteiger partial charge < -0.3 is 9.84 Å². The fourth-order valence-electron chi connectivity index (χ4n) is 1.71. The van der Waals surface area contributed by atoms with Crippen LogP contribution >= 0.6 is 0 Å². The second-order valence-corrected chi connectivity index (χ2v) is 4.41. The van der Waals surface area contributed by atoms with Gasteiger partial charge in [-0.1, -0.05) is 11.6 Å². The Kier molecular flexibility index (Phi) is 3.14. The summed E-state index contributed by atoms with van der Waals surface area (Å²) in [6.07, 6.45) is 3.98. The molecule has 3 atom stereocenters. The Hall–Kier alpha value is -0.340. The van der Waals surface area contributed by atoms with Crippen LogP contribution in [0, 0.1) is 0 Å². The zero-order chi connectivity index (χ0) is 10.1. The first-order chi connectivity index (χ1) is 5.96. The van der Waals surface area contributed by atoms with Gasteiger partial charge in [0.1, 0.15) is 6.10 Å². The fraction of sp³-hybridized carbons (Fsp3) is 0.818. The van der Waals surface area contributed by atoms with Crippen LogP contribution in [0.15, 0.2) is 11.6 Å². The second kappa shape index (κ2) is 3.81. The van der Waals surface area contributed by atoms with Crippen molar-refractivity contribution in [2.45, 2.75) is 58.3 Å². The Morgan fingerprint density at radius 1 is 1.62 bits per heavy atom. The van der Waals surface area contributed by atoms with E-state index in [0.717, 1.165) is 12.8 Å². The number of aliphatic hydroxyl groups excluding tert-OH is 1. The second-order valence-electron chi connectivity index (χ2n) is 4.41. The smallest absolute Gasteiger partial charge is 0.113 e. The minimum absolute atomic E-state index is 0.0538. The van der Waals surface area contributed by atoms with Gasteiger partial charge in [-0.2, -0.15) is 0 Å². The third-order valence-electron chi connectivity index (χ3n) is 2.57. The van der Waals surface area contributed by atoms with Crippen LogP contribution in [0.25, 0.3) is 0 Å². The summed E-state index contributed by atoms with van der Waals surface area (Å²) in [6.45, 7) is 8.06. The average Bonchev–Trinajstić information content (AvgIpc) is 2.62. The highest BCUT2D eigenvalue weighted by Crippen LogP contribution is 2.42. The number of aliphatic hydroxyl groups is 1. The van der Waals surface area contributed by atoms with Crippen molar-refractivity contribution in [2.24, 2.45) is 0 Å². The SMILES string of the molecule is CC(C)=CCCC1(C)OC1C(C)O. The Bertz CT molecular complexity index is 204. The number of ether oxygens (including phenoxy) is 1. The van der Waals surface area contributed by atoms with E-state index in [1.807, 2.05) is 0 Å². The standard InChI is InChI=1S/C11H20O2/c1-8(2)6-5-7-11(4)10(13-11)9(3)12/h6,9-10,12H,5,7H2,1-4H3. The summed E-state index contributed by atoms with van der Waals surface area (Å²) in [6, 6.07) is 0. The van der Waals surface area contributed by atoms with Gasteiger partial charge >= 0.3 is 0 Å². The summed E-state index contributed by atoms with van der Waals surface area (Å²) in [4.78, 5) is 0. The minimum atomic E-state index is -0.336. The largest absolute Gasteiger partial charge is 0.391 e. The summed E-state index contributed by atoms with van der Waals surface area (Å²) in [5.41, 5.74) is 1.28. The van der Waals surface area contributed by atoms with E-state index in [1.165, 1.54) is 5.57 Å². The molecule has 1 fully saturated rings. The van der Waals surface area contributed by atoms with Gasteiger partial charge in [-0.3, -0.25) is 0 Å². The first kappa shape index (κ1) is 10.7. The lowest BCUT2D eigenvalue weighted by Gasteiger charge is -2.05. The third kappa shape index (κ3) is 2.82. The summed E-state index contributed by atoms with van der Waals surface area (Å²) in [7, 11) is 0. The maximum atomic E-state index is 9.30. The van der Waals surface area contributed by atoms with E-state index in [0.29, 0.717) is 0 Å². The van der Waals surface area contributed by atoms with E-state index in [1.54, 1.807) is 6.92 Å². The molecule has 2 heteroatoms. The van der Waals surface area contributed by atoms with Crippen LogP contribution < -0.4 is 0 Å². The molecule has 2 nitrogen and oxygen atoms in total. The molecule has 0 aromatic carbocycles. The fourth-order valence-corrected chi connectivity index (χ4v) is 1.71. The van der Waals surface area contributed by atoms with Crippen LogP contribution in [0.1, 0.15) is 40.5 Å². The first-order valence-electron chi connectivity index (χ1n) is 4.95. The normalized spacial score (nSPS) is 34.1. The number of epoxide rings is 1. The van der Waals surface area contributed by atoms with E-state index in [-0.39, 0.29) is 17.8 Å². The van der Waals surface area contributed by atoms with Crippen molar-refractivity contribution < 1.29 is 9.84 Å². The summed E-state index contributed by atoms with van der Waals surface area (Å²) < 4.78 is 5.47. The minimum Gasteiger partial charge on any atom is -0.391 e. The average molecular weight is 184 g/mol. The van der Waals surface area contributed by atoms with Gasteiger partial charge in [0.25, 0.3) is 0 Å². The molecule has 0 saturated carbocycles. The van der Waals surface area contributed by atoms with Crippen molar-refractivity contribution in [3.05, 3.63) is 11.6 Å². The quantitative estimate of drug-likeness (QED) is 0.537. The number of allylic oxidation sites excluding steroid dienone is 2. The lowest BCUT2D eigenvalue weighted by atomic mass is 9.98. The molecular weight excluding hydrogens is 164 g/mol. The lowest BCUT2D eigenvalue weighted by Crippen LogP contribution is -2.19. The van der Waals surface area contributed by atoms with Gasteiger partial charge in [0.05, 0.1) is 11.7 Å². The molecule has 76 valence electrons. The molecule has 1 heterocycles. The molecule has 0 radical (unpaired) electrons. The van der Waals surface area contributed by atoms with Crippen LogP contribution in [0.2, 0.25) is 0 Å². The van der Waals surface area contributed by atoms with Crippen LogP contribution in [0.4, 0.5) is 0 Å². The van der Waals surface area contributed by atoms with Crippen molar-refractivity contribution in [2.75, 3.05) is 0 Å². The topological polar surface area (TPSA) is 32.8 Å². The number of hydrogen-bond donors (Lipinski definition) is 1. The van der Waals surface area contributed by atoms with E-state index in [9.17, 15) is 5.11 Å². The summed E-state index contributed by atoms with van der Waals surface area (Å²) >= 11 is 0. The molecule has 0 aromatic heterocycles. The molecule has 0 bridgehead atoms. The van der Waals surface area contributed by atoms with Gasteiger partial charge in [-0.25, -0.2) is 0 Å². The van der Waals surface area contributed by atoms with E-state index < -0.39 is 0 Å². The lowest BCUT2D eigenvalue weighted by molar-refractivity contribution is 0.152. The maximum absolute atomic E-state index is 9.30. The van der Waals surface area contributed by atoms with Crippen molar-refractivity contribution in [1.82, 2.24) is 0 Å². The maximum Gasteiger partial charge on any atom is 0.113 e. The number of rotatable bonds is 4. The zero-order valence-corrected chi connectivity index (χ0v) is 9.00. The Balaban J connectivity index is 2.28. The molecule has 3 unspecified atom stereocenters. The van der Waals surface area contributed by atoms with Crippen molar-refractivity contribution in [3.8, 4) is 0 Å². The Labute approximate surface area is 80.6 Å². The summed E-state index contributed by atoms with van der Waals surface area (Å²) in [5.74, 6) is 0. The molecule has 1 saturated heterocycles. The highest BCUT2D eigenvalue weighted by Gasteiger charge is 2.53. The van der Waals surface area contributed by atoms with Crippen LogP contribution in [0.3, 0.4) is 0 Å². The predicted molar refractivity (Wildman–Crippen MR) is 53.6 cm³/mol. The molecule has 0 aliphatic carbocycles. The Morgan fingerprint density at radius 3 is 2.62 bits per heavy atom. The van der Waals surface area contributed by atoms with Crippen LogP contribution in [-0.4, -0.2) is 22.9 Å². The van der Waals surface area contributed by atoms with Gasteiger partial charge in [-0.05, 0) is 40.5 Å². The number of hydrogen-bond acceptors (Lipinski definition) is 2. The Morgan fingerprint density at radius 2 is 2.23 bits per heavy atom. The molecule has 0 amide bonds. The van der Waals surface area contributed by atoms with E-state index >= 15 is 0 Å². The van der Waals surface area contributed by atoms with Gasteiger partial charge in [0.2, 0.25) is 0 Å². The highest BCUT2D eigenvalue weighted by atomic mass is 16.6. The van der Waals surface area contributed by atoms with Crippen LogP contribution in [0.5, 0.6) is 0 Å². The predicted octanol–water partition coefficient (Wildman–Crippen LogP) is 2.27. The van der Waals surface area contributed by atoms with Gasteiger partial charge in [0, 0.05) is 0 Å². The van der Waals surface area contributed by atoms with Gasteiger partial charge in [0.15, 0.2) is 0 Å².